The molecule has 3 N–H and O–H groups in total. The van der Waals surface area contributed by atoms with Crippen molar-refractivity contribution in [1.82, 2.24) is 24.6 Å². The summed E-state index contributed by atoms with van der Waals surface area (Å²) >= 11 is 0. The monoisotopic (exact) mass is 562 g/mol. The van der Waals surface area contributed by atoms with E-state index in [0.717, 1.165) is 74.5 Å². The van der Waals surface area contributed by atoms with Gasteiger partial charge in [-0.15, -0.1) is 0 Å². The molecule has 0 fully saturated rings. The fourth-order valence-electron chi connectivity index (χ4n) is 6.49. The van der Waals surface area contributed by atoms with E-state index in [1.807, 2.05) is 73.3 Å². The van der Waals surface area contributed by atoms with Crippen LogP contribution in [0, 0.1) is 0 Å². The van der Waals surface area contributed by atoms with Gasteiger partial charge < -0.3 is 29.6 Å². The van der Waals surface area contributed by atoms with E-state index < -0.39 is 0 Å². The summed E-state index contributed by atoms with van der Waals surface area (Å²) in [6.45, 7) is 3.32. The minimum absolute atomic E-state index is 0.0761. The second kappa shape index (κ2) is 9.87. The summed E-state index contributed by atoms with van der Waals surface area (Å²) in [4.78, 5) is 17.8. The first-order chi connectivity index (χ1) is 20.3. The van der Waals surface area contributed by atoms with Gasteiger partial charge in [0.15, 0.2) is 12.5 Å². The standard InChI is InChI=1S/C33H34N6O3/c1-5-39-27-13-10-21(42-18-28(40)34-15-19-6-8-20(9-7-19)37(2)3)14-23(27)30-24-16-35-33(41)31(24)29-22(32(30)39)11-12-26-25(29)17-38(4)36-26/h6-10,13-14,16-17,35,41H,5,11-12,15,18H2,1-4H3,(H,34,40). The number of aromatic amines is 1. The maximum absolute atomic E-state index is 12.6. The molecule has 0 saturated carbocycles. The van der Waals surface area contributed by atoms with Crippen molar-refractivity contribution in [3.8, 4) is 22.8 Å². The molecule has 9 nitrogen and oxygen atoms in total. The van der Waals surface area contributed by atoms with Gasteiger partial charge >= 0.3 is 0 Å². The van der Waals surface area contributed by atoms with E-state index in [2.05, 4.69) is 39.2 Å². The van der Waals surface area contributed by atoms with E-state index >= 15 is 0 Å². The van der Waals surface area contributed by atoms with Crippen molar-refractivity contribution in [3.05, 3.63) is 71.7 Å². The zero-order chi connectivity index (χ0) is 29.1. The van der Waals surface area contributed by atoms with Gasteiger partial charge in [-0.25, -0.2) is 0 Å². The highest BCUT2D eigenvalue weighted by molar-refractivity contribution is 6.26. The van der Waals surface area contributed by atoms with Gasteiger partial charge in [-0.2, -0.15) is 5.10 Å². The minimum Gasteiger partial charge on any atom is -0.494 e. The normalized spacial score (nSPS) is 12.6. The number of amides is 1. The highest BCUT2D eigenvalue weighted by Crippen LogP contribution is 2.49. The largest absolute Gasteiger partial charge is 0.494 e. The number of benzene rings is 3. The number of hydrogen-bond donors (Lipinski definition) is 3. The van der Waals surface area contributed by atoms with Crippen LogP contribution in [-0.4, -0.2) is 51.0 Å². The summed E-state index contributed by atoms with van der Waals surface area (Å²) in [5, 5.41) is 22.6. The predicted octanol–water partition coefficient (Wildman–Crippen LogP) is 5.26. The van der Waals surface area contributed by atoms with Gasteiger partial charge in [-0.05, 0) is 61.2 Å². The molecule has 0 spiro atoms. The maximum atomic E-state index is 12.6. The number of aromatic hydroxyl groups is 1. The van der Waals surface area contributed by atoms with Crippen LogP contribution < -0.4 is 15.0 Å². The molecular formula is C33H34N6O3. The van der Waals surface area contributed by atoms with E-state index in [1.165, 1.54) is 11.1 Å². The third-order valence-corrected chi connectivity index (χ3v) is 8.42. The van der Waals surface area contributed by atoms with Crippen LogP contribution in [0.5, 0.6) is 11.6 Å². The third-order valence-electron chi connectivity index (χ3n) is 8.42. The number of aryl methyl sites for hydroxylation is 4. The number of hydrogen-bond acceptors (Lipinski definition) is 5. The summed E-state index contributed by atoms with van der Waals surface area (Å²) in [5.74, 6) is 0.614. The summed E-state index contributed by atoms with van der Waals surface area (Å²) in [6.07, 6.45) is 5.64. The number of nitrogens with one attached hydrogen (secondary N) is 2. The molecule has 1 aliphatic carbocycles. The Morgan fingerprint density at radius 3 is 2.69 bits per heavy atom. The van der Waals surface area contributed by atoms with Gasteiger partial charge in [0.2, 0.25) is 0 Å². The first kappa shape index (κ1) is 26.0. The third kappa shape index (κ3) is 4.07. The topological polar surface area (TPSA) is 100 Å². The summed E-state index contributed by atoms with van der Waals surface area (Å²) in [5.41, 5.74) is 8.85. The van der Waals surface area contributed by atoms with Crippen LogP contribution in [0.15, 0.2) is 54.9 Å². The number of fused-ring (bicyclic) bond motifs is 10. The second-order valence-corrected chi connectivity index (χ2v) is 11.2. The highest BCUT2D eigenvalue weighted by atomic mass is 16.5. The quantitative estimate of drug-likeness (QED) is 0.246. The van der Waals surface area contributed by atoms with E-state index in [1.54, 1.807) is 0 Å². The Hall–Kier alpha value is -4.92. The first-order valence-corrected chi connectivity index (χ1v) is 14.3. The zero-order valence-corrected chi connectivity index (χ0v) is 24.3. The lowest BCUT2D eigenvalue weighted by molar-refractivity contribution is -0.123. The van der Waals surface area contributed by atoms with Gasteiger partial charge in [0.05, 0.1) is 16.6 Å². The van der Waals surface area contributed by atoms with E-state index in [-0.39, 0.29) is 18.4 Å². The fourth-order valence-corrected chi connectivity index (χ4v) is 6.49. The molecule has 214 valence electrons. The fraction of sp³-hybridized carbons (Fsp3) is 0.273. The predicted molar refractivity (Wildman–Crippen MR) is 166 cm³/mol. The molecule has 6 aromatic rings. The Morgan fingerprint density at radius 1 is 1.12 bits per heavy atom. The molecule has 3 aromatic heterocycles. The van der Waals surface area contributed by atoms with Crippen molar-refractivity contribution in [2.45, 2.75) is 32.9 Å². The summed E-state index contributed by atoms with van der Waals surface area (Å²) < 4.78 is 10.2. The summed E-state index contributed by atoms with van der Waals surface area (Å²) in [6, 6.07) is 14.1. The van der Waals surface area contributed by atoms with Gasteiger partial charge in [-0.1, -0.05) is 12.1 Å². The molecular weight excluding hydrogens is 528 g/mol. The SMILES string of the molecule is CCn1c2ccc(OCC(=O)NCc3ccc(N(C)C)cc3)cc2c2c3c[nH]c(O)c3c3c(c21)CCc1nn(C)cc1-3. The molecule has 42 heavy (non-hydrogen) atoms. The van der Waals surface area contributed by atoms with Crippen molar-refractivity contribution in [3.63, 3.8) is 0 Å². The molecule has 3 heterocycles. The Kier molecular flexibility index (Phi) is 6.11. The van der Waals surface area contributed by atoms with Crippen molar-refractivity contribution in [1.29, 1.82) is 0 Å². The van der Waals surface area contributed by atoms with E-state index in [9.17, 15) is 9.90 Å². The molecule has 1 aliphatic rings. The van der Waals surface area contributed by atoms with Crippen molar-refractivity contribution in [2.75, 3.05) is 25.6 Å². The lowest BCUT2D eigenvalue weighted by atomic mass is 9.85. The Bertz CT molecular complexity index is 1990. The molecule has 0 aliphatic heterocycles. The van der Waals surface area contributed by atoms with Gasteiger partial charge in [0, 0.05) is 85.1 Å². The summed E-state index contributed by atoms with van der Waals surface area (Å²) in [7, 11) is 5.94. The minimum atomic E-state index is -0.179. The smallest absolute Gasteiger partial charge is 0.258 e. The number of H-pyrrole nitrogens is 1. The number of carbonyl (C=O) groups is 1. The first-order valence-electron chi connectivity index (χ1n) is 14.3. The van der Waals surface area contributed by atoms with Crippen LogP contribution in [0.4, 0.5) is 5.69 Å². The Labute approximate surface area is 243 Å². The lowest BCUT2D eigenvalue weighted by Crippen LogP contribution is -2.28. The average Bonchev–Trinajstić information content (AvgIpc) is 3.66. The van der Waals surface area contributed by atoms with Crippen LogP contribution >= 0.6 is 0 Å². The molecule has 0 unspecified atom stereocenters. The number of rotatable bonds is 7. The molecule has 3 aromatic carbocycles. The average molecular weight is 563 g/mol. The maximum Gasteiger partial charge on any atom is 0.258 e. The van der Waals surface area contributed by atoms with Crippen LogP contribution in [-0.2, 0) is 37.8 Å². The van der Waals surface area contributed by atoms with Gasteiger partial charge in [0.1, 0.15) is 5.75 Å². The number of ether oxygens (including phenoxy) is 1. The van der Waals surface area contributed by atoms with E-state index in [0.29, 0.717) is 12.3 Å². The van der Waals surface area contributed by atoms with E-state index in [4.69, 9.17) is 4.74 Å². The van der Waals surface area contributed by atoms with Crippen LogP contribution in [0.1, 0.15) is 23.7 Å². The molecule has 1 amide bonds. The molecule has 0 atom stereocenters. The number of anilines is 1. The van der Waals surface area contributed by atoms with Crippen molar-refractivity contribution >= 4 is 44.2 Å². The Morgan fingerprint density at radius 2 is 1.93 bits per heavy atom. The molecule has 9 heteroatoms. The van der Waals surface area contributed by atoms with Crippen LogP contribution in [0.3, 0.4) is 0 Å². The number of nitrogens with zero attached hydrogens (tertiary/aromatic N) is 4. The molecule has 0 saturated heterocycles. The zero-order valence-electron chi connectivity index (χ0n) is 24.3. The molecule has 0 bridgehead atoms. The van der Waals surface area contributed by atoms with Crippen LogP contribution in [0.2, 0.25) is 0 Å². The van der Waals surface area contributed by atoms with Crippen LogP contribution in [0.25, 0.3) is 43.7 Å². The van der Waals surface area contributed by atoms with Crippen molar-refractivity contribution < 1.29 is 14.6 Å². The molecule has 0 radical (unpaired) electrons. The molecule has 7 rings (SSSR count). The van der Waals surface area contributed by atoms with Gasteiger partial charge in [-0.3, -0.25) is 9.48 Å². The lowest BCUT2D eigenvalue weighted by Gasteiger charge is -2.20. The number of carbonyl (C=O) groups excluding carboxylic acids is 1. The second-order valence-electron chi connectivity index (χ2n) is 11.2. The van der Waals surface area contributed by atoms with Gasteiger partial charge in [0.25, 0.3) is 5.91 Å². The highest BCUT2D eigenvalue weighted by Gasteiger charge is 2.29. The number of aromatic nitrogens is 4. The Balaban J connectivity index is 1.23. The van der Waals surface area contributed by atoms with Crippen molar-refractivity contribution in [2.24, 2.45) is 7.05 Å².